The van der Waals surface area contributed by atoms with Crippen molar-refractivity contribution in [2.75, 3.05) is 0 Å². The zero-order valence-electron chi connectivity index (χ0n) is 5.96. The number of rotatable bonds is 0. The maximum absolute atomic E-state index is 9.33. The summed E-state index contributed by atoms with van der Waals surface area (Å²) in [5.74, 6) is -0.129. The van der Waals surface area contributed by atoms with E-state index >= 15 is 0 Å². The molecule has 0 aliphatic rings. The van der Waals surface area contributed by atoms with Gasteiger partial charge in [0, 0.05) is 5.56 Å². The van der Waals surface area contributed by atoms with Crippen molar-refractivity contribution in [2.24, 2.45) is 0 Å². The van der Waals surface area contributed by atoms with E-state index in [1.54, 1.807) is 6.92 Å². The molecule has 0 unspecified atom stereocenters. The normalized spacial score (nSPS) is 10.4. The molecule has 0 atom stereocenters. The minimum atomic E-state index is -0.129. The van der Waals surface area contributed by atoms with E-state index in [2.05, 4.69) is 0 Å². The predicted octanol–water partition coefficient (Wildman–Crippen LogP) is 4.31. The van der Waals surface area contributed by atoms with Crippen LogP contribution in [0.4, 0.5) is 0 Å². The first-order valence-corrected chi connectivity index (χ1v) is 4.49. The van der Waals surface area contributed by atoms with E-state index < -0.39 is 0 Å². The van der Waals surface area contributed by atoms with E-state index in [1.807, 2.05) is 0 Å². The molecule has 1 N–H and O–H groups in total. The summed E-state index contributed by atoms with van der Waals surface area (Å²) in [7, 11) is 0. The lowest BCUT2D eigenvalue weighted by atomic mass is 10.2. The fraction of sp³-hybridized carbons (Fsp3) is 0.143. The third kappa shape index (κ3) is 1.47. The Kier molecular flexibility index (Phi) is 3.00. The fourth-order valence-corrected chi connectivity index (χ4v) is 1.67. The van der Waals surface area contributed by atoms with Crippen molar-refractivity contribution in [2.45, 2.75) is 6.92 Å². The molecule has 0 fully saturated rings. The van der Waals surface area contributed by atoms with Gasteiger partial charge in [0.15, 0.2) is 0 Å². The van der Waals surface area contributed by atoms with Crippen LogP contribution in [0.3, 0.4) is 0 Å². The standard InChI is InChI=1S/C7H4Cl4O/c1-2-3(8)4(9)5(10)6(11)7(2)12/h12H,1H3. The predicted molar refractivity (Wildman–Crippen MR) is 52.9 cm³/mol. The van der Waals surface area contributed by atoms with E-state index in [4.69, 9.17) is 46.4 Å². The number of aromatic hydroxyl groups is 1. The zero-order chi connectivity index (χ0) is 9.46. The Morgan fingerprint density at radius 3 is 1.75 bits per heavy atom. The van der Waals surface area contributed by atoms with Crippen LogP contribution >= 0.6 is 46.4 Å². The van der Waals surface area contributed by atoms with E-state index in [9.17, 15) is 5.11 Å². The second-order valence-electron chi connectivity index (χ2n) is 2.23. The molecule has 1 rings (SSSR count). The van der Waals surface area contributed by atoms with Gasteiger partial charge in [-0.1, -0.05) is 46.4 Å². The molecule has 1 nitrogen and oxygen atoms in total. The molecule has 0 aliphatic carbocycles. The van der Waals surface area contributed by atoms with E-state index in [1.165, 1.54) is 0 Å². The molecule has 0 saturated carbocycles. The van der Waals surface area contributed by atoms with Gasteiger partial charge in [0.05, 0.1) is 15.1 Å². The quantitative estimate of drug-likeness (QED) is 0.533. The lowest BCUT2D eigenvalue weighted by Crippen LogP contribution is -1.82. The van der Waals surface area contributed by atoms with E-state index in [-0.39, 0.29) is 25.8 Å². The maximum atomic E-state index is 9.33. The molecule has 0 amide bonds. The van der Waals surface area contributed by atoms with Gasteiger partial charge in [0.25, 0.3) is 0 Å². The summed E-state index contributed by atoms with van der Waals surface area (Å²) in [4.78, 5) is 0. The largest absolute Gasteiger partial charge is 0.506 e. The molecular formula is C7H4Cl4O. The molecular weight excluding hydrogens is 242 g/mol. The summed E-state index contributed by atoms with van der Waals surface area (Å²) in [5, 5.41) is 9.83. The topological polar surface area (TPSA) is 20.2 Å². The van der Waals surface area contributed by atoms with Gasteiger partial charge in [-0.05, 0) is 6.92 Å². The molecule has 12 heavy (non-hydrogen) atoms. The highest BCUT2D eigenvalue weighted by Crippen LogP contribution is 2.44. The van der Waals surface area contributed by atoms with Crippen LogP contribution in [0.5, 0.6) is 5.75 Å². The molecule has 1 aromatic rings. The highest BCUT2D eigenvalue weighted by atomic mass is 35.5. The van der Waals surface area contributed by atoms with Gasteiger partial charge in [-0.15, -0.1) is 0 Å². The number of hydrogen-bond donors (Lipinski definition) is 1. The van der Waals surface area contributed by atoms with Crippen molar-refractivity contribution in [3.63, 3.8) is 0 Å². The SMILES string of the molecule is Cc1c(O)c(Cl)c(Cl)c(Cl)c1Cl. The Morgan fingerprint density at radius 2 is 1.25 bits per heavy atom. The molecule has 0 aliphatic heterocycles. The van der Waals surface area contributed by atoms with Gasteiger partial charge in [-0.2, -0.15) is 0 Å². The van der Waals surface area contributed by atoms with Crippen LogP contribution in [0.15, 0.2) is 0 Å². The molecule has 0 spiro atoms. The highest BCUT2D eigenvalue weighted by molar-refractivity contribution is 6.52. The van der Waals surface area contributed by atoms with Gasteiger partial charge in [0.2, 0.25) is 0 Å². The molecule has 1 aromatic carbocycles. The summed E-state index contributed by atoms with van der Waals surface area (Å²) in [6.45, 7) is 1.60. The van der Waals surface area contributed by atoms with Crippen molar-refractivity contribution < 1.29 is 5.11 Å². The molecule has 5 heteroatoms. The van der Waals surface area contributed by atoms with Gasteiger partial charge in [0.1, 0.15) is 10.8 Å². The van der Waals surface area contributed by atoms with Crippen molar-refractivity contribution in [1.29, 1.82) is 0 Å². The maximum Gasteiger partial charge on any atom is 0.140 e. The van der Waals surface area contributed by atoms with Gasteiger partial charge < -0.3 is 5.11 Å². The fourth-order valence-electron chi connectivity index (χ4n) is 0.730. The van der Waals surface area contributed by atoms with E-state index in [0.717, 1.165) is 0 Å². The number of phenolic OH excluding ortho intramolecular Hbond substituents is 1. The minimum Gasteiger partial charge on any atom is -0.506 e. The Hall–Kier alpha value is 0.180. The smallest absolute Gasteiger partial charge is 0.140 e. The van der Waals surface area contributed by atoms with Crippen molar-refractivity contribution >= 4 is 46.4 Å². The minimum absolute atomic E-state index is 0.0311. The summed E-state index contributed by atoms with van der Waals surface area (Å²) >= 11 is 22.7. The van der Waals surface area contributed by atoms with Crippen LogP contribution in [0.2, 0.25) is 20.1 Å². The zero-order valence-corrected chi connectivity index (χ0v) is 8.98. The van der Waals surface area contributed by atoms with Gasteiger partial charge in [-0.25, -0.2) is 0 Å². The summed E-state index contributed by atoms with van der Waals surface area (Å²) in [6, 6.07) is 0. The van der Waals surface area contributed by atoms with Gasteiger partial charge in [-0.3, -0.25) is 0 Å². The highest BCUT2D eigenvalue weighted by Gasteiger charge is 2.16. The van der Waals surface area contributed by atoms with Crippen LogP contribution < -0.4 is 0 Å². The number of phenols is 1. The molecule has 0 radical (unpaired) electrons. The van der Waals surface area contributed by atoms with Crippen LogP contribution in [0, 0.1) is 6.92 Å². The average molecular weight is 246 g/mol. The molecule has 0 saturated heterocycles. The third-order valence-electron chi connectivity index (χ3n) is 1.47. The first-order chi connectivity index (χ1) is 5.46. The Morgan fingerprint density at radius 1 is 0.833 bits per heavy atom. The number of benzene rings is 1. The second kappa shape index (κ2) is 3.51. The Labute approximate surface area is 89.8 Å². The summed E-state index contributed by atoms with van der Waals surface area (Å²) < 4.78 is 0. The Bertz CT molecular complexity index is 230. The van der Waals surface area contributed by atoms with Gasteiger partial charge >= 0.3 is 0 Å². The third-order valence-corrected chi connectivity index (χ3v) is 3.36. The number of hydrogen-bond acceptors (Lipinski definition) is 1. The van der Waals surface area contributed by atoms with Crippen molar-refractivity contribution in [3.05, 3.63) is 25.7 Å². The number of halogens is 4. The van der Waals surface area contributed by atoms with Crippen LogP contribution in [0.25, 0.3) is 0 Å². The Balaban J connectivity index is 3.60. The average Bonchev–Trinajstić information content (AvgIpc) is 2.08. The summed E-state index contributed by atoms with van der Waals surface area (Å²) in [5.41, 5.74) is 0.427. The molecule has 0 bridgehead atoms. The van der Waals surface area contributed by atoms with Crippen LogP contribution in [0.1, 0.15) is 5.56 Å². The molecule has 0 aromatic heterocycles. The van der Waals surface area contributed by atoms with Crippen molar-refractivity contribution in [1.82, 2.24) is 0 Å². The lowest BCUT2D eigenvalue weighted by molar-refractivity contribution is 0.471. The van der Waals surface area contributed by atoms with Crippen molar-refractivity contribution in [3.8, 4) is 5.75 Å². The van der Waals surface area contributed by atoms with Crippen LogP contribution in [-0.2, 0) is 0 Å². The lowest BCUT2D eigenvalue weighted by Gasteiger charge is -2.07. The van der Waals surface area contributed by atoms with E-state index in [0.29, 0.717) is 5.56 Å². The first kappa shape index (κ1) is 10.3. The molecule has 66 valence electrons. The second-order valence-corrected chi connectivity index (χ2v) is 3.74. The molecule has 0 heterocycles. The first-order valence-electron chi connectivity index (χ1n) is 2.98. The summed E-state index contributed by atoms with van der Waals surface area (Å²) in [6.07, 6.45) is 0. The van der Waals surface area contributed by atoms with Crippen LogP contribution in [-0.4, -0.2) is 5.11 Å². The monoisotopic (exact) mass is 244 g/mol.